The number of hydrogen-bond acceptors (Lipinski definition) is 4. The van der Waals surface area contributed by atoms with Gasteiger partial charge in [-0.25, -0.2) is 4.68 Å². The van der Waals surface area contributed by atoms with Crippen LogP contribution in [0.1, 0.15) is 28.9 Å². The third-order valence-electron chi connectivity index (χ3n) is 3.62. The summed E-state index contributed by atoms with van der Waals surface area (Å²) in [6.07, 6.45) is 2.14. The highest BCUT2D eigenvalue weighted by atomic mass is 16.5. The summed E-state index contributed by atoms with van der Waals surface area (Å²) >= 11 is 0. The third-order valence-corrected chi connectivity index (χ3v) is 3.62. The lowest BCUT2D eigenvalue weighted by Gasteiger charge is -2.15. The summed E-state index contributed by atoms with van der Waals surface area (Å²) in [5.41, 5.74) is 2.11. The van der Waals surface area contributed by atoms with Crippen molar-refractivity contribution in [2.75, 3.05) is 20.7 Å². The van der Waals surface area contributed by atoms with Crippen molar-refractivity contribution in [1.82, 2.24) is 14.7 Å². The highest BCUT2D eigenvalue weighted by molar-refractivity contribution is 5.92. The lowest BCUT2D eigenvalue weighted by atomic mass is 10.2. The minimum Gasteiger partial charge on any atom is -0.494 e. The molecule has 0 aliphatic rings. The summed E-state index contributed by atoms with van der Waals surface area (Å²) < 4.78 is 6.94. The number of benzene rings is 1. The number of carbonyl (C=O) groups is 2. The van der Waals surface area contributed by atoms with E-state index in [1.54, 1.807) is 31.1 Å². The number of rotatable bonds is 7. The Hall–Kier alpha value is -2.83. The average molecular weight is 331 g/mol. The van der Waals surface area contributed by atoms with E-state index in [1.807, 2.05) is 25.1 Å². The summed E-state index contributed by atoms with van der Waals surface area (Å²) in [5.74, 6) is -0.449. The van der Waals surface area contributed by atoms with Gasteiger partial charge >= 0.3 is 5.97 Å². The first kappa shape index (κ1) is 17.5. The number of methoxy groups -OCH3 is 1. The van der Waals surface area contributed by atoms with Gasteiger partial charge in [-0.1, -0.05) is 6.07 Å². The van der Waals surface area contributed by atoms with Crippen LogP contribution in [0.3, 0.4) is 0 Å². The van der Waals surface area contributed by atoms with Crippen molar-refractivity contribution >= 4 is 11.9 Å². The maximum Gasteiger partial charge on any atom is 0.303 e. The minimum absolute atomic E-state index is 0.0343. The second-order valence-electron chi connectivity index (χ2n) is 5.54. The normalized spacial score (nSPS) is 10.5. The molecule has 1 amide bonds. The summed E-state index contributed by atoms with van der Waals surface area (Å²) in [7, 11) is 3.22. The maximum atomic E-state index is 12.4. The zero-order valence-corrected chi connectivity index (χ0v) is 14.0. The highest BCUT2D eigenvalue weighted by Crippen LogP contribution is 2.23. The number of hydrogen-bond donors (Lipinski definition) is 1. The van der Waals surface area contributed by atoms with Gasteiger partial charge in [0.1, 0.15) is 11.4 Å². The average Bonchev–Trinajstić information content (AvgIpc) is 3.03. The van der Waals surface area contributed by atoms with Crippen LogP contribution in [-0.4, -0.2) is 52.4 Å². The lowest BCUT2D eigenvalue weighted by Crippen LogP contribution is -2.28. The first-order chi connectivity index (χ1) is 11.4. The van der Waals surface area contributed by atoms with Crippen molar-refractivity contribution in [3.8, 4) is 11.4 Å². The molecular weight excluding hydrogens is 310 g/mol. The summed E-state index contributed by atoms with van der Waals surface area (Å²) in [6, 6.07) is 7.36. The van der Waals surface area contributed by atoms with Gasteiger partial charge in [0.15, 0.2) is 5.69 Å². The van der Waals surface area contributed by atoms with E-state index in [2.05, 4.69) is 5.10 Å². The molecule has 1 N–H and O–H groups in total. The molecule has 0 atom stereocenters. The zero-order chi connectivity index (χ0) is 17.7. The van der Waals surface area contributed by atoms with Crippen molar-refractivity contribution < 1.29 is 19.4 Å². The molecule has 0 aliphatic carbocycles. The SMILES string of the molecule is COc1ccc(C)cc1-n1ccc(C(=O)N(C)CCCC(=O)O)n1. The number of carboxylic acids is 1. The van der Waals surface area contributed by atoms with Crippen LogP contribution in [-0.2, 0) is 4.79 Å². The molecular formula is C17H21N3O4. The molecule has 2 rings (SSSR count). The molecule has 0 unspecified atom stereocenters. The third kappa shape index (κ3) is 4.13. The van der Waals surface area contributed by atoms with Gasteiger partial charge in [-0.05, 0) is 37.1 Å². The van der Waals surface area contributed by atoms with E-state index in [9.17, 15) is 9.59 Å². The van der Waals surface area contributed by atoms with Crippen LogP contribution in [0.2, 0.25) is 0 Å². The van der Waals surface area contributed by atoms with Gasteiger partial charge in [0.25, 0.3) is 5.91 Å². The number of amides is 1. The molecule has 0 saturated heterocycles. The van der Waals surface area contributed by atoms with Crippen molar-refractivity contribution in [1.29, 1.82) is 0 Å². The van der Waals surface area contributed by atoms with Gasteiger partial charge < -0.3 is 14.7 Å². The van der Waals surface area contributed by atoms with Gasteiger partial charge in [0.2, 0.25) is 0 Å². The van der Waals surface area contributed by atoms with Crippen LogP contribution in [0.5, 0.6) is 5.75 Å². The Morgan fingerprint density at radius 1 is 1.33 bits per heavy atom. The molecule has 1 heterocycles. The lowest BCUT2D eigenvalue weighted by molar-refractivity contribution is -0.137. The van der Waals surface area contributed by atoms with E-state index in [0.717, 1.165) is 11.3 Å². The number of carbonyl (C=O) groups excluding carboxylic acids is 1. The van der Waals surface area contributed by atoms with Gasteiger partial charge in [-0.15, -0.1) is 0 Å². The van der Waals surface area contributed by atoms with Gasteiger partial charge in [-0.3, -0.25) is 9.59 Å². The molecule has 24 heavy (non-hydrogen) atoms. The zero-order valence-electron chi connectivity index (χ0n) is 14.0. The molecule has 0 saturated carbocycles. The number of carboxylic acid groups (broad SMARTS) is 1. The van der Waals surface area contributed by atoms with Gasteiger partial charge in [0.05, 0.1) is 7.11 Å². The molecule has 0 radical (unpaired) electrons. The number of aliphatic carboxylic acids is 1. The van der Waals surface area contributed by atoms with Crippen LogP contribution in [0, 0.1) is 6.92 Å². The number of aryl methyl sites for hydroxylation is 1. The molecule has 0 spiro atoms. The van der Waals surface area contributed by atoms with Crippen LogP contribution in [0.4, 0.5) is 0 Å². The maximum absolute atomic E-state index is 12.4. The molecule has 1 aromatic carbocycles. The standard InChI is InChI=1S/C17H21N3O4/c1-12-6-7-15(24-3)14(11-12)20-10-8-13(18-20)17(23)19(2)9-4-5-16(21)22/h6-8,10-11H,4-5,9H2,1-3H3,(H,21,22). The fourth-order valence-electron chi connectivity index (χ4n) is 2.32. The summed E-state index contributed by atoms with van der Waals surface area (Å²) in [4.78, 5) is 24.4. The van der Waals surface area contributed by atoms with E-state index in [0.29, 0.717) is 24.4 Å². The Morgan fingerprint density at radius 2 is 2.08 bits per heavy atom. The second kappa shape index (κ2) is 7.63. The minimum atomic E-state index is -0.869. The second-order valence-corrected chi connectivity index (χ2v) is 5.54. The van der Waals surface area contributed by atoms with Crippen LogP contribution in [0.15, 0.2) is 30.5 Å². The van der Waals surface area contributed by atoms with E-state index in [1.165, 1.54) is 4.90 Å². The first-order valence-electron chi connectivity index (χ1n) is 7.60. The van der Waals surface area contributed by atoms with Gasteiger partial charge in [0, 0.05) is 26.2 Å². The fraction of sp³-hybridized carbons (Fsp3) is 0.353. The highest BCUT2D eigenvalue weighted by Gasteiger charge is 2.16. The molecule has 2 aromatic rings. The monoisotopic (exact) mass is 331 g/mol. The van der Waals surface area contributed by atoms with Crippen LogP contribution >= 0.6 is 0 Å². The number of aromatic nitrogens is 2. The van der Waals surface area contributed by atoms with E-state index >= 15 is 0 Å². The van der Waals surface area contributed by atoms with Crippen LogP contribution < -0.4 is 4.74 Å². The largest absolute Gasteiger partial charge is 0.494 e. The predicted octanol–water partition coefficient (Wildman–Crippen LogP) is 2.13. The van der Waals surface area contributed by atoms with Crippen molar-refractivity contribution in [2.24, 2.45) is 0 Å². The number of nitrogens with zero attached hydrogens (tertiary/aromatic N) is 3. The molecule has 1 aromatic heterocycles. The fourth-order valence-corrected chi connectivity index (χ4v) is 2.32. The Kier molecular flexibility index (Phi) is 5.57. The van der Waals surface area contributed by atoms with E-state index in [-0.39, 0.29) is 12.3 Å². The number of ether oxygens (including phenoxy) is 1. The molecule has 0 fully saturated rings. The summed E-state index contributed by atoms with van der Waals surface area (Å²) in [5, 5.41) is 13.0. The smallest absolute Gasteiger partial charge is 0.303 e. The summed E-state index contributed by atoms with van der Waals surface area (Å²) in [6.45, 7) is 2.33. The van der Waals surface area contributed by atoms with E-state index < -0.39 is 5.97 Å². The Morgan fingerprint density at radius 3 is 2.75 bits per heavy atom. The Labute approximate surface area is 140 Å². The molecule has 0 aliphatic heterocycles. The van der Waals surface area contributed by atoms with Crippen LogP contribution in [0.25, 0.3) is 5.69 Å². The van der Waals surface area contributed by atoms with Crippen molar-refractivity contribution in [3.05, 3.63) is 41.7 Å². The molecule has 128 valence electrons. The Balaban J connectivity index is 2.14. The quantitative estimate of drug-likeness (QED) is 0.840. The Bertz CT molecular complexity index is 739. The van der Waals surface area contributed by atoms with Crippen molar-refractivity contribution in [3.63, 3.8) is 0 Å². The topological polar surface area (TPSA) is 84.7 Å². The van der Waals surface area contributed by atoms with Crippen molar-refractivity contribution in [2.45, 2.75) is 19.8 Å². The molecule has 7 heteroatoms. The molecule has 0 bridgehead atoms. The predicted molar refractivity (Wildman–Crippen MR) is 88.7 cm³/mol. The first-order valence-corrected chi connectivity index (χ1v) is 7.60. The van der Waals surface area contributed by atoms with Gasteiger partial charge in [-0.2, -0.15) is 5.10 Å². The molecule has 7 nitrogen and oxygen atoms in total. The van der Waals surface area contributed by atoms with E-state index in [4.69, 9.17) is 9.84 Å².